The van der Waals surface area contributed by atoms with Crippen molar-refractivity contribution in [3.8, 4) is 0 Å². The van der Waals surface area contributed by atoms with Crippen LogP contribution in [0.1, 0.15) is 43.0 Å². The smallest absolute Gasteiger partial charge is 0.253 e. The first-order valence-corrected chi connectivity index (χ1v) is 13.5. The van der Waals surface area contributed by atoms with Gasteiger partial charge in [0.1, 0.15) is 0 Å². The number of rotatable bonds is 4. The topological polar surface area (TPSA) is 89.6 Å². The van der Waals surface area contributed by atoms with E-state index in [-0.39, 0.29) is 16.8 Å². The van der Waals surface area contributed by atoms with Crippen LogP contribution in [0.3, 0.4) is 0 Å². The Morgan fingerprint density at radius 1 is 0.971 bits per heavy atom. The number of hydrogen-bond donors (Lipinski definition) is 1. The molecule has 2 fully saturated rings. The number of hydrogen-bond acceptors (Lipinski definition) is 5. The second-order valence-electron chi connectivity index (χ2n) is 9.20. The number of sulfonamides is 1. The van der Waals surface area contributed by atoms with E-state index in [1.807, 2.05) is 36.1 Å². The molecule has 1 atom stereocenters. The Morgan fingerprint density at radius 2 is 1.82 bits per heavy atom. The number of fused-ring (bicyclic) bond motifs is 1. The van der Waals surface area contributed by atoms with Gasteiger partial charge in [-0.3, -0.25) is 4.79 Å². The summed E-state index contributed by atoms with van der Waals surface area (Å²) in [5.74, 6) is 0.689. The SMILES string of the molecule is CC1CCCCN1S(=O)(=O)c1cccc(C(=O)N2CCCN(c3nc4ccccc4[nH]3)CC2)c1. The van der Waals surface area contributed by atoms with Gasteiger partial charge < -0.3 is 14.8 Å². The van der Waals surface area contributed by atoms with Gasteiger partial charge in [0, 0.05) is 44.3 Å². The standard InChI is InChI=1S/C25H31N5O3S/c1-19-8-4-5-15-30(19)34(32,33)21-10-6-9-20(18-21)24(31)28-13-7-14-29(17-16-28)25-26-22-11-2-3-12-23(22)27-25/h2-3,6,9-12,18-19H,4-5,7-8,13-17H2,1H3,(H,26,27). The van der Waals surface area contributed by atoms with Crippen molar-refractivity contribution in [2.75, 3.05) is 37.6 Å². The molecule has 8 nitrogen and oxygen atoms in total. The number of benzene rings is 2. The number of imidazole rings is 1. The summed E-state index contributed by atoms with van der Waals surface area (Å²) in [6.07, 6.45) is 3.60. The fourth-order valence-electron chi connectivity index (χ4n) is 4.96. The van der Waals surface area contributed by atoms with Crippen LogP contribution in [0.15, 0.2) is 53.4 Å². The molecule has 2 aliphatic rings. The van der Waals surface area contributed by atoms with Gasteiger partial charge in [-0.25, -0.2) is 13.4 Å². The third kappa shape index (κ3) is 4.42. The van der Waals surface area contributed by atoms with E-state index >= 15 is 0 Å². The number of nitrogens with one attached hydrogen (secondary N) is 1. The van der Waals surface area contributed by atoms with E-state index in [2.05, 4.69) is 9.88 Å². The number of aromatic nitrogens is 2. The molecule has 1 N–H and O–H groups in total. The number of amides is 1. The molecule has 2 aliphatic heterocycles. The lowest BCUT2D eigenvalue weighted by Gasteiger charge is -2.32. The van der Waals surface area contributed by atoms with Crippen LogP contribution in [0, 0.1) is 0 Å². The molecule has 2 saturated heterocycles. The largest absolute Gasteiger partial charge is 0.341 e. The van der Waals surface area contributed by atoms with Crippen molar-refractivity contribution < 1.29 is 13.2 Å². The number of para-hydroxylation sites is 2. The van der Waals surface area contributed by atoms with Crippen LogP contribution in [-0.4, -0.2) is 72.3 Å². The summed E-state index contributed by atoms with van der Waals surface area (Å²) in [5.41, 5.74) is 2.34. The lowest BCUT2D eigenvalue weighted by atomic mass is 10.1. The van der Waals surface area contributed by atoms with Crippen molar-refractivity contribution in [3.63, 3.8) is 0 Å². The highest BCUT2D eigenvalue weighted by Crippen LogP contribution is 2.26. The highest BCUT2D eigenvalue weighted by atomic mass is 32.2. The lowest BCUT2D eigenvalue weighted by molar-refractivity contribution is 0.0766. The molecule has 0 saturated carbocycles. The van der Waals surface area contributed by atoms with E-state index in [9.17, 15) is 13.2 Å². The maximum absolute atomic E-state index is 13.3. The summed E-state index contributed by atoms with van der Waals surface area (Å²) >= 11 is 0. The zero-order chi connectivity index (χ0) is 23.7. The van der Waals surface area contributed by atoms with Crippen LogP contribution in [0.25, 0.3) is 11.0 Å². The quantitative estimate of drug-likeness (QED) is 0.616. The fraction of sp³-hybridized carbons (Fsp3) is 0.440. The third-order valence-electron chi connectivity index (χ3n) is 6.89. The zero-order valence-corrected chi connectivity index (χ0v) is 20.3. The molecule has 180 valence electrons. The number of piperidine rings is 1. The zero-order valence-electron chi connectivity index (χ0n) is 19.5. The Labute approximate surface area is 200 Å². The molecule has 0 spiro atoms. The molecule has 0 aliphatic carbocycles. The van der Waals surface area contributed by atoms with Gasteiger partial charge >= 0.3 is 0 Å². The molecule has 34 heavy (non-hydrogen) atoms. The van der Waals surface area contributed by atoms with Crippen LogP contribution in [-0.2, 0) is 10.0 Å². The van der Waals surface area contributed by atoms with Crippen molar-refractivity contribution in [1.82, 2.24) is 19.2 Å². The molecule has 1 unspecified atom stereocenters. The Kier molecular flexibility index (Phi) is 6.31. The summed E-state index contributed by atoms with van der Waals surface area (Å²) in [6.45, 7) is 5.12. The predicted octanol–water partition coefficient (Wildman–Crippen LogP) is 3.48. The number of aromatic amines is 1. The number of nitrogens with zero attached hydrogens (tertiary/aromatic N) is 4. The number of carbonyl (C=O) groups is 1. The van der Waals surface area contributed by atoms with Gasteiger partial charge in [0.25, 0.3) is 5.91 Å². The van der Waals surface area contributed by atoms with Crippen LogP contribution in [0.4, 0.5) is 5.95 Å². The molecule has 3 heterocycles. The summed E-state index contributed by atoms with van der Waals surface area (Å²) in [7, 11) is -3.62. The summed E-state index contributed by atoms with van der Waals surface area (Å²) in [4.78, 5) is 25.6. The number of anilines is 1. The molecule has 2 aromatic carbocycles. The van der Waals surface area contributed by atoms with Gasteiger partial charge in [0.2, 0.25) is 16.0 Å². The van der Waals surface area contributed by atoms with E-state index in [0.717, 1.165) is 49.2 Å². The normalized spacial score (nSPS) is 20.4. The van der Waals surface area contributed by atoms with Gasteiger partial charge in [-0.05, 0) is 56.5 Å². The van der Waals surface area contributed by atoms with E-state index < -0.39 is 10.0 Å². The average molecular weight is 482 g/mol. The molecule has 1 aromatic heterocycles. The lowest BCUT2D eigenvalue weighted by Crippen LogP contribution is -2.42. The van der Waals surface area contributed by atoms with Crippen molar-refractivity contribution in [1.29, 1.82) is 0 Å². The summed E-state index contributed by atoms with van der Waals surface area (Å²) in [5, 5.41) is 0. The minimum absolute atomic E-state index is 0.0204. The number of H-pyrrole nitrogens is 1. The highest BCUT2D eigenvalue weighted by molar-refractivity contribution is 7.89. The van der Waals surface area contributed by atoms with Crippen molar-refractivity contribution in [3.05, 3.63) is 54.1 Å². The van der Waals surface area contributed by atoms with Crippen molar-refractivity contribution in [2.24, 2.45) is 0 Å². The first-order valence-electron chi connectivity index (χ1n) is 12.0. The van der Waals surface area contributed by atoms with E-state index in [0.29, 0.717) is 31.7 Å². The van der Waals surface area contributed by atoms with Gasteiger partial charge in [-0.15, -0.1) is 0 Å². The average Bonchev–Trinajstić information content (AvgIpc) is 3.13. The second kappa shape index (κ2) is 9.38. The maximum atomic E-state index is 13.3. The van der Waals surface area contributed by atoms with Gasteiger partial charge in [-0.1, -0.05) is 24.6 Å². The van der Waals surface area contributed by atoms with Crippen LogP contribution in [0.2, 0.25) is 0 Å². The van der Waals surface area contributed by atoms with Crippen LogP contribution in [0.5, 0.6) is 0 Å². The first-order chi connectivity index (χ1) is 16.4. The summed E-state index contributed by atoms with van der Waals surface area (Å²) < 4.78 is 28.1. The number of carbonyl (C=O) groups excluding carboxylic acids is 1. The Morgan fingerprint density at radius 3 is 2.65 bits per heavy atom. The second-order valence-corrected chi connectivity index (χ2v) is 11.1. The van der Waals surface area contributed by atoms with Crippen molar-refractivity contribution >= 4 is 32.9 Å². The first kappa shape index (κ1) is 22.9. The van der Waals surface area contributed by atoms with E-state index in [1.165, 1.54) is 0 Å². The summed E-state index contributed by atoms with van der Waals surface area (Å²) in [6, 6.07) is 14.4. The van der Waals surface area contributed by atoms with Crippen molar-refractivity contribution in [2.45, 2.75) is 43.5 Å². The van der Waals surface area contributed by atoms with Gasteiger partial charge in [0.15, 0.2) is 0 Å². The van der Waals surface area contributed by atoms with E-state index in [1.54, 1.807) is 28.6 Å². The fourth-order valence-corrected chi connectivity index (χ4v) is 6.70. The van der Waals surface area contributed by atoms with E-state index in [4.69, 9.17) is 4.98 Å². The van der Waals surface area contributed by atoms with Crippen LogP contribution >= 0.6 is 0 Å². The molecule has 1 amide bonds. The molecular weight excluding hydrogens is 450 g/mol. The maximum Gasteiger partial charge on any atom is 0.253 e. The molecule has 0 radical (unpaired) electrons. The molecule has 5 rings (SSSR count). The predicted molar refractivity (Wildman–Crippen MR) is 132 cm³/mol. The minimum atomic E-state index is -3.62. The van der Waals surface area contributed by atoms with Gasteiger partial charge in [-0.2, -0.15) is 4.31 Å². The van der Waals surface area contributed by atoms with Gasteiger partial charge in [0.05, 0.1) is 15.9 Å². The molecule has 9 heteroatoms. The van der Waals surface area contributed by atoms with Crippen LogP contribution < -0.4 is 4.90 Å². The monoisotopic (exact) mass is 481 g/mol. The Hall–Kier alpha value is -2.91. The molecule has 3 aromatic rings. The Balaban J connectivity index is 1.31. The minimum Gasteiger partial charge on any atom is -0.341 e. The molecule has 0 bridgehead atoms. The highest BCUT2D eigenvalue weighted by Gasteiger charge is 2.31. The Bertz CT molecular complexity index is 1260. The third-order valence-corrected chi connectivity index (χ3v) is 8.90. The molecular formula is C25H31N5O3S.